The number of hydrogen-bond acceptors (Lipinski definition) is 4. The number of hydrogen-bond donors (Lipinski definition) is 1. The summed E-state index contributed by atoms with van der Waals surface area (Å²) in [4.78, 5) is 0.298. The summed E-state index contributed by atoms with van der Waals surface area (Å²) in [6, 6.07) is 13.0. The van der Waals surface area contributed by atoms with Crippen LogP contribution in [0.2, 0.25) is 0 Å². The van der Waals surface area contributed by atoms with Crippen LogP contribution in [-0.2, 0) is 9.84 Å². The first-order valence-electron chi connectivity index (χ1n) is 6.75. The molecule has 0 saturated heterocycles. The highest BCUT2D eigenvalue weighted by molar-refractivity contribution is 7.90. The van der Waals surface area contributed by atoms with Crippen molar-refractivity contribution in [2.24, 2.45) is 0 Å². The Labute approximate surface area is 124 Å². The van der Waals surface area contributed by atoms with Gasteiger partial charge in [-0.3, -0.25) is 0 Å². The Bertz CT molecular complexity index is 784. The Hall–Kier alpha value is -2.01. The second-order valence-corrected chi connectivity index (χ2v) is 7.29. The van der Waals surface area contributed by atoms with E-state index in [-0.39, 0.29) is 6.10 Å². The van der Waals surface area contributed by atoms with Crippen molar-refractivity contribution in [2.45, 2.75) is 17.9 Å². The largest absolute Gasteiger partial charge is 0.482 e. The summed E-state index contributed by atoms with van der Waals surface area (Å²) in [5, 5.41) is 3.26. The van der Waals surface area contributed by atoms with E-state index < -0.39 is 9.84 Å². The van der Waals surface area contributed by atoms with Crippen molar-refractivity contribution in [3.8, 4) is 5.75 Å². The molecule has 0 spiro atoms. The number of anilines is 1. The number of nitrogens with one attached hydrogen (secondary N) is 1. The van der Waals surface area contributed by atoms with Gasteiger partial charge in [-0.15, -0.1) is 0 Å². The summed E-state index contributed by atoms with van der Waals surface area (Å²) in [5.41, 5.74) is 3.05. The molecular formula is C16H17NO3S. The highest BCUT2D eigenvalue weighted by Gasteiger charge is 2.23. The van der Waals surface area contributed by atoms with Gasteiger partial charge in [0.1, 0.15) is 11.9 Å². The van der Waals surface area contributed by atoms with Gasteiger partial charge in [0.25, 0.3) is 0 Å². The van der Waals surface area contributed by atoms with Crippen molar-refractivity contribution in [3.63, 3.8) is 0 Å². The van der Waals surface area contributed by atoms with E-state index in [1.54, 1.807) is 18.2 Å². The maximum atomic E-state index is 11.6. The SMILES string of the molecule is Cc1ccccc1C1CNc2cc(S(C)(=O)=O)ccc2O1. The van der Waals surface area contributed by atoms with Crippen LogP contribution in [0.5, 0.6) is 5.75 Å². The summed E-state index contributed by atoms with van der Waals surface area (Å²) < 4.78 is 29.2. The zero-order valence-electron chi connectivity index (χ0n) is 12.0. The molecule has 1 unspecified atom stereocenters. The third kappa shape index (κ3) is 2.74. The van der Waals surface area contributed by atoms with Gasteiger partial charge in [0.05, 0.1) is 17.1 Å². The second kappa shape index (κ2) is 5.07. The lowest BCUT2D eigenvalue weighted by atomic mass is 10.0. The first-order valence-corrected chi connectivity index (χ1v) is 8.64. The van der Waals surface area contributed by atoms with Crippen LogP contribution in [-0.4, -0.2) is 21.2 Å². The number of benzene rings is 2. The van der Waals surface area contributed by atoms with Crippen LogP contribution in [0.25, 0.3) is 0 Å². The average Bonchev–Trinajstić information content (AvgIpc) is 2.46. The van der Waals surface area contributed by atoms with Gasteiger partial charge in [-0.05, 0) is 36.2 Å². The van der Waals surface area contributed by atoms with E-state index in [1.807, 2.05) is 12.1 Å². The predicted molar refractivity (Wildman–Crippen MR) is 82.6 cm³/mol. The lowest BCUT2D eigenvalue weighted by Crippen LogP contribution is -2.24. The molecule has 1 aliphatic rings. The van der Waals surface area contributed by atoms with Crippen molar-refractivity contribution < 1.29 is 13.2 Å². The zero-order valence-corrected chi connectivity index (χ0v) is 12.8. The van der Waals surface area contributed by atoms with Crippen molar-refractivity contribution in [2.75, 3.05) is 18.1 Å². The van der Waals surface area contributed by atoms with Gasteiger partial charge >= 0.3 is 0 Å². The third-order valence-electron chi connectivity index (χ3n) is 3.66. The van der Waals surface area contributed by atoms with Crippen LogP contribution in [0, 0.1) is 6.92 Å². The molecule has 110 valence electrons. The lowest BCUT2D eigenvalue weighted by Gasteiger charge is -2.28. The van der Waals surface area contributed by atoms with E-state index in [1.165, 1.54) is 11.8 Å². The number of fused-ring (bicyclic) bond motifs is 1. The lowest BCUT2D eigenvalue weighted by molar-refractivity contribution is 0.209. The minimum atomic E-state index is -3.20. The summed E-state index contributed by atoms with van der Waals surface area (Å²) in [7, 11) is -3.20. The summed E-state index contributed by atoms with van der Waals surface area (Å²) in [6.07, 6.45) is 1.14. The Balaban J connectivity index is 1.92. The standard InChI is InChI=1S/C16H17NO3S/c1-11-5-3-4-6-13(11)16-10-17-14-9-12(21(2,18)19)7-8-15(14)20-16/h3-9,16-17H,10H2,1-2H3. The summed E-state index contributed by atoms with van der Waals surface area (Å²) in [5.74, 6) is 0.682. The molecule has 1 atom stereocenters. The monoisotopic (exact) mass is 303 g/mol. The third-order valence-corrected chi connectivity index (χ3v) is 4.77. The van der Waals surface area contributed by atoms with Crippen LogP contribution in [0.1, 0.15) is 17.2 Å². The smallest absolute Gasteiger partial charge is 0.175 e. The Morgan fingerprint density at radius 1 is 1.19 bits per heavy atom. The molecule has 0 bridgehead atoms. The van der Waals surface area contributed by atoms with E-state index in [4.69, 9.17) is 4.74 Å². The topological polar surface area (TPSA) is 55.4 Å². The molecule has 1 heterocycles. The molecule has 0 saturated carbocycles. The second-order valence-electron chi connectivity index (χ2n) is 5.27. The molecule has 5 heteroatoms. The van der Waals surface area contributed by atoms with Gasteiger partial charge in [0.2, 0.25) is 0 Å². The minimum absolute atomic E-state index is 0.0669. The molecule has 2 aromatic carbocycles. The first-order chi connectivity index (χ1) is 9.95. The molecule has 0 aromatic heterocycles. The summed E-state index contributed by atoms with van der Waals surface area (Å²) >= 11 is 0. The molecular weight excluding hydrogens is 286 g/mol. The molecule has 2 aromatic rings. The molecule has 4 nitrogen and oxygen atoms in total. The average molecular weight is 303 g/mol. The number of ether oxygens (including phenoxy) is 1. The van der Waals surface area contributed by atoms with Crippen LogP contribution < -0.4 is 10.1 Å². The van der Waals surface area contributed by atoms with Crippen LogP contribution in [0.4, 0.5) is 5.69 Å². The molecule has 0 radical (unpaired) electrons. The van der Waals surface area contributed by atoms with Crippen LogP contribution >= 0.6 is 0 Å². The molecule has 1 N–H and O–H groups in total. The number of aryl methyl sites for hydroxylation is 1. The molecule has 21 heavy (non-hydrogen) atoms. The fraction of sp³-hybridized carbons (Fsp3) is 0.250. The van der Waals surface area contributed by atoms with Crippen LogP contribution in [0.15, 0.2) is 47.4 Å². The van der Waals surface area contributed by atoms with E-state index >= 15 is 0 Å². The van der Waals surface area contributed by atoms with Crippen LogP contribution in [0.3, 0.4) is 0 Å². The quantitative estimate of drug-likeness (QED) is 0.927. The Morgan fingerprint density at radius 2 is 1.95 bits per heavy atom. The van der Waals surface area contributed by atoms with E-state index in [0.717, 1.165) is 11.3 Å². The van der Waals surface area contributed by atoms with E-state index in [2.05, 4.69) is 24.4 Å². The highest BCUT2D eigenvalue weighted by Crippen LogP contribution is 2.36. The van der Waals surface area contributed by atoms with E-state index in [9.17, 15) is 8.42 Å². The molecule has 1 aliphatic heterocycles. The van der Waals surface area contributed by atoms with Gasteiger partial charge in [-0.2, -0.15) is 0 Å². The van der Waals surface area contributed by atoms with Gasteiger partial charge in [-0.25, -0.2) is 8.42 Å². The van der Waals surface area contributed by atoms with Gasteiger partial charge < -0.3 is 10.1 Å². The molecule has 0 amide bonds. The van der Waals surface area contributed by atoms with Crippen molar-refractivity contribution >= 4 is 15.5 Å². The minimum Gasteiger partial charge on any atom is -0.482 e. The van der Waals surface area contributed by atoms with Gasteiger partial charge in [0.15, 0.2) is 9.84 Å². The first kappa shape index (κ1) is 13.9. The van der Waals surface area contributed by atoms with E-state index in [0.29, 0.717) is 17.2 Å². The highest BCUT2D eigenvalue weighted by atomic mass is 32.2. The number of rotatable bonds is 2. The maximum Gasteiger partial charge on any atom is 0.175 e. The molecule has 0 aliphatic carbocycles. The van der Waals surface area contributed by atoms with Crippen molar-refractivity contribution in [1.82, 2.24) is 0 Å². The van der Waals surface area contributed by atoms with Gasteiger partial charge in [-0.1, -0.05) is 24.3 Å². The molecule has 3 rings (SSSR count). The fourth-order valence-electron chi connectivity index (χ4n) is 2.50. The Kier molecular flexibility index (Phi) is 3.37. The fourth-order valence-corrected chi connectivity index (χ4v) is 3.15. The van der Waals surface area contributed by atoms with Gasteiger partial charge in [0, 0.05) is 6.26 Å². The van der Waals surface area contributed by atoms with Crippen molar-refractivity contribution in [3.05, 3.63) is 53.6 Å². The zero-order chi connectivity index (χ0) is 15.0. The normalized spacial score (nSPS) is 17.5. The molecule has 0 fully saturated rings. The van der Waals surface area contributed by atoms with Crippen molar-refractivity contribution in [1.29, 1.82) is 0 Å². The number of sulfone groups is 1. The Morgan fingerprint density at radius 3 is 2.67 bits per heavy atom. The summed E-state index contributed by atoms with van der Waals surface area (Å²) in [6.45, 7) is 2.67. The maximum absolute atomic E-state index is 11.6. The predicted octanol–water partition coefficient (Wildman–Crippen LogP) is 2.94.